The number of carbonyl (C=O) groups is 1. The Morgan fingerprint density at radius 3 is 2.58 bits per heavy atom. The summed E-state index contributed by atoms with van der Waals surface area (Å²) < 4.78 is 16.3. The quantitative estimate of drug-likeness (QED) is 0.542. The molecule has 0 spiro atoms. The van der Waals surface area contributed by atoms with E-state index in [-0.39, 0.29) is 30.5 Å². The molecular formula is C15H17N3O5S. The summed E-state index contributed by atoms with van der Waals surface area (Å²) in [6.45, 7) is -0.246. The Morgan fingerprint density at radius 2 is 2.00 bits per heavy atom. The third-order valence-electron chi connectivity index (χ3n) is 2.84. The lowest BCUT2D eigenvalue weighted by atomic mass is 10.3. The molecule has 1 aromatic carbocycles. The van der Waals surface area contributed by atoms with E-state index in [0.29, 0.717) is 16.7 Å². The molecule has 0 aliphatic rings. The van der Waals surface area contributed by atoms with Crippen LogP contribution in [0.2, 0.25) is 0 Å². The van der Waals surface area contributed by atoms with E-state index in [1.807, 2.05) is 0 Å². The number of rotatable bonds is 8. The molecule has 1 aromatic heterocycles. The summed E-state index contributed by atoms with van der Waals surface area (Å²) in [5.74, 6) is -0.000348. The second-order valence-corrected chi connectivity index (χ2v) is 5.16. The fourth-order valence-electron chi connectivity index (χ4n) is 1.81. The number of nitrogens with zero attached hydrogens (tertiary/aromatic N) is 2. The smallest absolute Gasteiger partial charge is 0.271 e. The van der Waals surface area contributed by atoms with Crippen LogP contribution < -0.4 is 19.9 Å². The number of methoxy groups -OCH3 is 1. The molecule has 0 radical (unpaired) electrons. The molecule has 2 rings (SSSR count). The van der Waals surface area contributed by atoms with Gasteiger partial charge in [-0.25, -0.2) is 4.98 Å². The second-order valence-electron chi connectivity index (χ2n) is 4.38. The third-order valence-corrected chi connectivity index (χ3v) is 3.39. The van der Waals surface area contributed by atoms with Crippen molar-refractivity contribution in [2.75, 3.05) is 26.6 Å². The molecule has 0 aliphatic carbocycles. The van der Waals surface area contributed by atoms with Gasteiger partial charge in [-0.1, -0.05) is 23.9 Å². The zero-order chi connectivity index (χ0) is 17.5. The predicted octanol–water partition coefficient (Wildman–Crippen LogP) is 1.47. The van der Waals surface area contributed by atoms with Crippen molar-refractivity contribution in [3.63, 3.8) is 0 Å². The molecule has 24 heavy (non-hydrogen) atoms. The maximum Gasteiger partial charge on any atom is 0.271 e. The number of hydrogen-bond donors (Lipinski definition) is 2. The van der Waals surface area contributed by atoms with Gasteiger partial charge >= 0.3 is 0 Å². The normalized spacial score (nSPS) is 10.3. The van der Waals surface area contributed by atoms with E-state index in [1.54, 1.807) is 30.5 Å². The van der Waals surface area contributed by atoms with Crippen LogP contribution in [0.3, 0.4) is 0 Å². The molecule has 0 unspecified atom stereocenters. The first-order valence-electron chi connectivity index (χ1n) is 6.91. The maximum absolute atomic E-state index is 11.8. The topological polar surface area (TPSA) is 117 Å². The van der Waals surface area contributed by atoms with E-state index >= 15 is 0 Å². The molecule has 8 nitrogen and oxygen atoms in total. The van der Waals surface area contributed by atoms with Crippen LogP contribution in [-0.4, -0.2) is 47.6 Å². The number of primary amides is 1. The molecule has 3 N–H and O–H groups in total. The minimum atomic E-state index is -0.786. The Labute approximate surface area is 143 Å². The number of benzene rings is 1. The number of amides is 1. The maximum atomic E-state index is 11.8. The molecule has 0 aliphatic heterocycles. The largest absolute Gasteiger partial charge is 0.493 e. The van der Waals surface area contributed by atoms with Crippen molar-refractivity contribution in [1.29, 1.82) is 0 Å². The van der Waals surface area contributed by atoms with Gasteiger partial charge in [0.1, 0.15) is 6.61 Å². The van der Waals surface area contributed by atoms with Gasteiger partial charge in [-0.15, -0.1) is 0 Å². The predicted molar refractivity (Wildman–Crippen MR) is 88.0 cm³/mol. The first-order chi connectivity index (χ1) is 11.6. The fraction of sp³-hybridized carbons (Fsp3) is 0.267. The van der Waals surface area contributed by atoms with Crippen molar-refractivity contribution in [2.24, 2.45) is 5.73 Å². The average molecular weight is 351 g/mol. The summed E-state index contributed by atoms with van der Waals surface area (Å²) in [5, 5.41) is 9.26. The number of aliphatic hydroxyl groups is 1. The van der Waals surface area contributed by atoms with Crippen LogP contribution in [0.25, 0.3) is 0 Å². The number of nitrogens with two attached hydrogens (primary N) is 1. The zero-order valence-electron chi connectivity index (χ0n) is 13.2. The lowest BCUT2D eigenvalue weighted by Crippen LogP contribution is -2.17. The Hall–Kier alpha value is -2.52. The van der Waals surface area contributed by atoms with Crippen molar-refractivity contribution in [3.8, 4) is 23.1 Å². The molecule has 0 bridgehead atoms. The first-order valence-corrected chi connectivity index (χ1v) is 8.13. The van der Waals surface area contributed by atoms with Crippen molar-refractivity contribution < 1.29 is 24.1 Å². The summed E-state index contributed by atoms with van der Waals surface area (Å²) in [5.41, 5.74) is 5.29. The summed E-state index contributed by atoms with van der Waals surface area (Å²) >= 11 is 1.22. The van der Waals surface area contributed by atoms with Gasteiger partial charge < -0.3 is 25.1 Å². The molecule has 9 heteroatoms. The summed E-state index contributed by atoms with van der Waals surface area (Å²) in [6.07, 6.45) is 1.75. The monoisotopic (exact) mass is 351 g/mol. The molecule has 0 saturated carbocycles. The van der Waals surface area contributed by atoms with Gasteiger partial charge in [0, 0.05) is 0 Å². The lowest BCUT2D eigenvalue weighted by Gasteiger charge is -2.15. The number of hydrogen-bond acceptors (Lipinski definition) is 8. The van der Waals surface area contributed by atoms with Crippen LogP contribution in [0.15, 0.2) is 29.4 Å². The fourth-order valence-corrected chi connectivity index (χ4v) is 2.17. The third kappa shape index (κ3) is 4.06. The van der Waals surface area contributed by atoms with E-state index in [9.17, 15) is 4.79 Å². The van der Waals surface area contributed by atoms with Gasteiger partial charge in [0.05, 0.1) is 13.7 Å². The summed E-state index contributed by atoms with van der Waals surface area (Å²) in [4.78, 5) is 20.0. The summed E-state index contributed by atoms with van der Waals surface area (Å²) in [6, 6.07) is 6.87. The highest BCUT2D eigenvalue weighted by atomic mass is 32.2. The van der Waals surface area contributed by atoms with Gasteiger partial charge in [-0.05, 0) is 18.4 Å². The van der Waals surface area contributed by atoms with Gasteiger partial charge in [-0.3, -0.25) is 4.79 Å². The van der Waals surface area contributed by atoms with Crippen LogP contribution in [-0.2, 0) is 0 Å². The van der Waals surface area contributed by atoms with Crippen LogP contribution in [0.4, 0.5) is 0 Å². The molecule has 0 atom stereocenters. The second kappa shape index (κ2) is 8.37. The number of ether oxygens (including phenoxy) is 3. The minimum Gasteiger partial charge on any atom is -0.493 e. The van der Waals surface area contributed by atoms with E-state index in [0.717, 1.165) is 0 Å². The highest BCUT2D eigenvalue weighted by Crippen LogP contribution is 2.37. The van der Waals surface area contributed by atoms with E-state index in [2.05, 4.69) is 9.97 Å². The van der Waals surface area contributed by atoms with Crippen LogP contribution >= 0.6 is 11.8 Å². The Morgan fingerprint density at radius 1 is 1.29 bits per heavy atom. The standard InChI is InChI=1S/C15H17N3O5S/c1-21-9-5-3-4-6-10(9)23-12-11(13(16)20)17-15(24-2)18-14(12)22-8-7-19/h3-6,19H,7-8H2,1-2H3,(H2,16,20). The number of para-hydroxylation sites is 2. The summed E-state index contributed by atoms with van der Waals surface area (Å²) in [7, 11) is 1.49. The molecule has 1 heterocycles. The molecule has 128 valence electrons. The number of thioether (sulfide) groups is 1. The van der Waals surface area contributed by atoms with Gasteiger partial charge in [0.15, 0.2) is 22.3 Å². The van der Waals surface area contributed by atoms with Gasteiger partial charge in [0.25, 0.3) is 11.8 Å². The van der Waals surface area contributed by atoms with Crippen molar-refractivity contribution >= 4 is 17.7 Å². The number of carbonyl (C=O) groups excluding carboxylic acids is 1. The highest BCUT2D eigenvalue weighted by Gasteiger charge is 2.23. The average Bonchev–Trinajstić information content (AvgIpc) is 2.60. The number of aromatic nitrogens is 2. The lowest BCUT2D eigenvalue weighted by molar-refractivity contribution is 0.0990. The first kappa shape index (κ1) is 17.8. The van der Waals surface area contributed by atoms with E-state index in [4.69, 9.17) is 25.1 Å². The minimum absolute atomic E-state index is 0.0168. The Balaban J connectivity index is 2.54. The van der Waals surface area contributed by atoms with Crippen molar-refractivity contribution in [2.45, 2.75) is 5.16 Å². The van der Waals surface area contributed by atoms with Crippen molar-refractivity contribution in [1.82, 2.24) is 9.97 Å². The van der Waals surface area contributed by atoms with E-state index in [1.165, 1.54) is 18.9 Å². The zero-order valence-corrected chi connectivity index (χ0v) is 14.0. The Bertz CT molecular complexity index is 726. The van der Waals surface area contributed by atoms with Crippen LogP contribution in [0.1, 0.15) is 10.5 Å². The molecule has 0 saturated heterocycles. The molecule has 0 fully saturated rings. The molecule has 2 aromatic rings. The SMILES string of the molecule is COc1ccccc1Oc1c(OCCO)nc(SC)nc1C(N)=O. The molecule has 1 amide bonds. The number of aliphatic hydroxyl groups excluding tert-OH is 1. The van der Waals surface area contributed by atoms with Gasteiger partial charge in [0.2, 0.25) is 5.75 Å². The van der Waals surface area contributed by atoms with Crippen LogP contribution in [0.5, 0.6) is 23.1 Å². The van der Waals surface area contributed by atoms with Gasteiger partial charge in [-0.2, -0.15) is 4.98 Å². The molecular weight excluding hydrogens is 334 g/mol. The van der Waals surface area contributed by atoms with Crippen molar-refractivity contribution in [3.05, 3.63) is 30.0 Å². The Kier molecular flexibility index (Phi) is 6.21. The van der Waals surface area contributed by atoms with Crippen LogP contribution in [0, 0.1) is 0 Å². The highest BCUT2D eigenvalue weighted by molar-refractivity contribution is 7.98. The van der Waals surface area contributed by atoms with E-state index < -0.39 is 5.91 Å².